The van der Waals surface area contributed by atoms with Crippen molar-refractivity contribution in [1.29, 1.82) is 0 Å². The van der Waals surface area contributed by atoms with Crippen molar-refractivity contribution >= 4 is 11.4 Å². The number of alkyl halides is 3. The Balaban J connectivity index is 2.15. The fourth-order valence-corrected chi connectivity index (χ4v) is 2.57. The Labute approximate surface area is 142 Å². The highest BCUT2D eigenvalue weighted by atomic mass is 19.4. The van der Waals surface area contributed by atoms with Crippen molar-refractivity contribution in [3.8, 4) is 11.1 Å². The van der Waals surface area contributed by atoms with Crippen LogP contribution in [0.4, 0.5) is 13.2 Å². The summed E-state index contributed by atoms with van der Waals surface area (Å²) < 4.78 is 40.5. The molecule has 1 aromatic carbocycles. The lowest BCUT2D eigenvalue weighted by atomic mass is 10.0. The molecule has 0 fully saturated rings. The molecule has 3 rings (SSSR count). The van der Waals surface area contributed by atoms with Crippen molar-refractivity contribution in [2.45, 2.75) is 26.1 Å². The minimum Gasteiger partial charge on any atom is -0.348 e. The standard InChI is InChI=1S/C18H16F3N3O/c1-11(2)22-17(25)15-10-14(16-7-4-8-24(16)23-15)12-5-3-6-13(9-12)18(19,20)21/h3-11H,1-2H3,(H,22,25). The number of hydrogen-bond acceptors (Lipinski definition) is 2. The Morgan fingerprint density at radius 2 is 1.92 bits per heavy atom. The fourth-order valence-electron chi connectivity index (χ4n) is 2.57. The molecule has 0 aliphatic heterocycles. The minimum atomic E-state index is -4.43. The molecule has 0 atom stereocenters. The van der Waals surface area contributed by atoms with E-state index in [2.05, 4.69) is 10.4 Å². The molecular weight excluding hydrogens is 331 g/mol. The van der Waals surface area contributed by atoms with E-state index in [9.17, 15) is 18.0 Å². The van der Waals surface area contributed by atoms with Crippen molar-refractivity contribution in [2.75, 3.05) is 0 Å². The van der Waals surface area contributed by atoms with Crippen molar-refractivity contribution in [1.82, 2.24) is 14.9 Å². The number of nitrogens with one attached hydrogen (secondary N) is 1. The smallest absolute Gasteiger partial charge is 0.348 e. The van der Waals surface area contributed by atoms with E-state index in [4.69, 9.17) is 0 Å². The molecule has 0 aliphatic carbocycles. The number of benzene rings is 1. The van der Waals surface area contributed by atoms with Crippen LogP contribution in [0.5, 0.6) is 0 Å². The normalized spacial score (nSPS) is 11.9. The van der Waals surface area contributed by atoms with Gasteiger partial charge in [-0.05, 0) is 49.7 Å². The van der Waals surface area contributed by atoms with Crippen molar-refractivity contribution < 1.29 is 18.0 Å². The lowest BCUT2D eigenvalue weighted by molar-refractivity contribution is -0.137. The van der Waals surface area contributed by atoms with Gasteiger partial charge in [0.15, 0.2) is 0 Å². The molecule has 25 heavy (non-hydrogen) atoms. The number of carbonyl (C=O) groups excluding carboxylic acids is 1. The van der Waals surface area contributed by atoms with Gasteiger partial charge < -0.3 is 5.32 Å². The maximum absolute atomic E-state index is 13.0. The van der Waals surface area contributed by atoms with Crippen LogP contribution in [0.1, 0.15) is 29.9 Å². The molecule has 1 amide bonds. The molecule has 2 heterocycles. The second-order valence-corrected chi connectivity index (χ2v) is 5.99. The van der Waals surface area contributed by atoms with Gasteiger partial charge in [0, 0.05) is 17.8 Å². The second kappa shape index (κ2) is 6.23. The Morgan fingerprint density at radius 1 is 1.16 bits per heavy atom. The minimum absolute atomic E-state index is 0.0772. The first-order valence-electron chi connectivity index (χ1n) is 7.72. The van der Waals surface area contributed by atoms with Crippen LogP contribution in [0.15, 0.2) is 48.7 Å². The first-order chi connectivity index (χ1) is 11.8. The quantitative estimate of drug-likeness (QED) is 0.773. The van der Waals surface area contributed by atoms with Crippen LogP contribution in [0.3, 0.4) is 0 Å². The van der Waals surface area contributed by atoms with Gasteiger partial charge in [0.25, 0.3) is 5.91 Å². The summed E-state index contributed by atoms with van der Waals surface area (Å²) in [7, 11) is 0. The number of fused-ring (bicyclic) bond motifs is 1. The molecule has 3 aromatic rings. The zero-order valence-corrected chi connectivity index (χ0v) is 13.6. The van der Waals surface area contributed by atoms with Crippen LogP contribution in [0.25, 0.3) is 16.6 Å². The van der Waals surface area contributed by atoms with Gasteiger partial charge in [-0.3, -0.25) is 4.79 Å². The van der Waals surface area contributed by atoms with Crippen LogP contribution in [-0.2, 0) is 6.18 Å². The van der Waals surface area contributed by atoms with E-state index in [1.807, 2.05) is 13.8 Å². The number of carbonyl (C=O) groups is 1. The van der Waals surface area contributed by atoms with Crippen LogP contribution in [-0.4, -0.2) is 21.6 Å². The summed E-state index contributed by atoms with van der Waals surface area (Å²) in [6, 6.07) is 9.94. The number of rotatable bonds is 3. The van der Waals surface area contributed by atoms with Crippen LogP contribution in [0, 0.1) is 0 Å². The first-order valence-corrected chi connectivity index (χ1v) is 7.72. The lowest BCUT2D eigenvalue weighted by Crippen LogP contribution is -2.31. The number of hydrogen-bond donors (Lipinski definition) is 1. The maximum atomic E-state index is 13.0. The second-order valence-electron chi connectivity index (χ2n) is 5.99. The number of aromatic nitrogens is 2. The summed E-state index contributed by atoms with van der Waals surface area (Å²) in [5.41, 5.74) is 0.921. The van der Waals surface area contributed by atoms with Crippen LogP contribution < -0.4 is 5.32 Å². The van der Waals surface area contributed by atoms with Gasteiger partial charge in [-0.25, -0.2) is 4.52 Å². The largest absolute Gasteiger partial charge is 0.416 e. The molecule has 7 heteroatoms. The summed E-state index contributed by atoms with van der Waals surface area (Å²) >= 11 is 0. The Kier molecular flexibility index (Phi) is 4.24. The molecule has 130 valence electrons. The molecule has 0 unspecified atom stereocenters. The summed E-state index contributed by atoms with van der Waals surface area (Å²) in [5.74, 6) is -0.376. The van der Waals surface area contributed by atoms with Gasteiger partial charge in [0.2, 0.25) is 0 Å². The first kappa shape index (κ1) is 17.0. The predicted molar refractivity (Wildman–Crippen MR) is 88.2 cm³/mol. The number of halogens is 3. The molecule has 0 saturated carbocycles. The molecule has 4 nitrogen and oxygen atoms in total. The number of amides is 1. The van der Waals surface area contributed by atoms with Gasteiger partial charge in [-0.15, -0.1) is 0 Å². The van der Waals surface area contributed by atoms with Crippen molar-refractivity contribution in [2.24, 2.45) is 0 Å². The molecular formula is C18H16F3N3O. The highest BCUT2D eigenvalue weighted by molar-refractivity contribution is 5.95. The van der Waals surface area contributed by atoms with E-state index >= 15 is 0 Å². The molecule has 0 saturated heterocycles. The van der Waals surface area contributed by atoms with E-state index in [0.29, 0.717) is 16.6 Å². The third-order valence-corrected chi connectivity index (χ3v) is 3.65. The lowest BCUT2D eigenvalue weighted by Gasteiger charge is -2.12. The van der Waals surface area contributed by atoms with Crippen LogP contribution in [0.2, 0.25) is 0 Å². The van der Waals surface area contributed by atoms with Crippen molar-refractivity contribution in [3.05, 3.63) is 59.9 Å². The Morgan fingerprint density at radius 3 is 2.60 bits per heavy atom. The monoisotopic (exact) mass is 347 g/mol. The zero-order chi connectivity index (χ0) is 18.2. The molecule has 0 aliphatic rings. The molecule has 2 aromatic heterocycles. The van der Waals surface area contributed by atoms with Gasteiger partial charge >= 0.3 is 6.18 Å². The highest BCUT2D eigenvalue weighted by Gasteiger charge is 2.30. The van der Waals surface area contributed by atoms with Gasteiger partial charge in [0.1, 0.15) is 5.69 Å². The third kappa shape index (κ3) is 3.50. The number of nitrogens with zero attached hydrogens (tertiary/aromatic N) is 2. The molecule has 0 spiro atoms. The summed E-state index contributed by atoms with van der Waals surface area (Å²) in [6.45, 7) is 3.64. The van der Waals surface area contributed by atoms with E-state index in [1.165, 1.54) is 16.6 Å². The SMILES string of the molecule is CC(C)NC(=O)c1cc(-c2cccc(C(F)(F)F)c2)c2cccn2n1. The predicted octanol–water partition coefficient (Wildman–Crippen LogP) is 4.16. The van der Waals surface area contributed by atoms with E-state index in [1.54, 1.807) is 24.4 Å². The maximum Gasteiger partial charge on any atom is 0.416 e. The molecule has 0 bridgehead atoms. The van der Waals surface area contributed by atoms with Gasteiger partial charge in [-0.1, -0.05) is 12.1 Å². The van der Waals surface area contributed by atoms with Crippen LogP contribution >= 0.6 is 0 Å². The molecule has 1 N–H and O–H groups in total. The van der Waals surface area contributed by atoms with E-state index < -0.39 is 11.7 Å². The zero-order valence-electron chi connectivity index (χ0n) is 13.6. The Bertz CT molecular complexity index is 929. The summed E-state index contributed by atoms with van der Waals surface area (Å²) in [4.78, 5) is 12.3. The summed E-state index contributed by atoms with van der Waals surface area (Å²) in [5, 5.41) is 6.96. The highest BCUT2D eigenvalue weighted by Crippen LogP contribution is 2.33. The average Bonchev–Trinajstić information content (AvgIpc) is 3.01. The third-order valence-electron chi connectivity index (χ3n) is 3.65. The van der Waals surface area contributed by atoms with Gasteiger partial charge in [-0.2, -0.15) is 18.3 Å². The fraction of sp³-hybridized carbons (Fsp3) is 0.222. The topological polar surface area (TPSA) is 46.4 Å². The van der Waals surface area contributed by atoms with Gasteiger partial charge in [0.05, 0.1) is 11.1 Å². The van der Waals surface area contributed by atoms with E-state index in [0.717, 1.165) is 12.1 Å². The molecule has 0 radical (unpaired) electrons. The Hall–Kier alpha value is -2.83. The summed E-state index contributed by atoms with van der Waals surface area (Å²) in [6.07, 6.45) is -2.78. The van der Waals surface area contributed by atoms with E-state index in [-0.39, 0.29) is 17.6 Å². The van der Waals surface area contributed by atoms with Crippen molar-refractivity contribution in [3.63, 3.8) is 0 Å². The average molecular weight is 347 g/mol.